The van der Waals surface area contributed by atoms with Crippen LogP contribution in [0, 0.1) is 11.8 Å². The lowest BCUT2D eigenvalue weighted by atomic mass is 9.95. The second-order valence-corrected chi connectivity index (χ2v) is 7.20. The Morgan fingerprint density at radius 2 is 1.57 bits per heavy atom. The molecule has 2 nitrogen and oxygen atoms in total. The number of hydrogen-bond acceptors (Lipinski definition) is 2. The SMILES string of the molecule is CCCC(C)c1ccc(N(CC(C)C)CC(C)C)c(N)c1. The van der Waals surface area contributed by atoms with Crippen molar-refractivity contribution in [1.29, 1.82) is 0 Å². The predicted molar refractivity (Wildman–Crippen MR) is 96.1 cm³/mol. The Kier molecular flexibility index (Phi) is 7.07. The van der Waals surface area contributed by atoms with Gasteiger partial charge in [-0.05, 0) is 41.9 Å². The van der Waals surface area contributed by atoms with Gasteiger partial charge < -0.3 is 10.6 Å². The monoisotopic (exact) mass is 290 g/mol. The van der Waals surface area contributed by atoms with Crippen LogP contribution in [0.2, 0.25) is 0 Å². The average Bonchev–Trinajstić information content (AvgIpc) is 2.36. The van der Waals surface area contributed by atoms with Crippen LogP contribution in [0.3, 0.4) is 0 Å². The molecule has 0 aliphatic heterocycles. The van der Waals surface area contributed by atoms with E-state index in [-0.39, 0.29) is 0 Å². The summed E-state index contributed by atoms with van der Waals surface area (Å²) in [4.78, 5) is 2.44. The van der Waals surface area contributed by atoms with Gasteiger partial charge in [-0.1, -0.05) is 54.0 Å². The smallest absolute Gasteiger partial charge is 0.0600 e. The zero-order valence-corrected chi connectivity index (χ0v) is 14.8. The molecule has 1 aromatic carbocycles. The highest BCUT2D eigenvalue weighted by Crippen LogP contribution is 2.30. The number of hydrogen-bond donors (Lipinski definition) is 1. The first-order valence-corrected chi connectivity index (χ1v) is 8.49. The third kappa shape index (κ3) is 5.61. The average molecular weight is 290 g/mol. The summed E-state index contributed by atoms with van der Waals surface area (Å²) in [7, 11) is 0. The quantitative estimate of drug-likeness (QED) is 0.659. The Morgan fingerprint density at radius 3 is 2.00 bits per heavy atom. The molecule has 120 valence electrons. The zero-order valence-electron chi connectivity index (χ0n) is 14.8. The largest absolute Gasteiger partial charge is 0.397 e. The van der Waals surface area contributed by atoms with Gasteiger partial charge in [0.15, 0.2) is 0 Å². The molecule has 0 aliphatic rings. The van der Waals surface area contributed by atoms with Crippen molar-refractivity contribution in [3.05, 3.63) is 23.8 Å². The van der Waals surface area contributed by atoms with E-state index in [1.54, 1.807) is 0 Å². The normalized spacial score (nSPS) is 13.0. The van der Waals surface area contributed by atoms with E-state index in [4.69, 9.17) is 5.73 Å². The molecule has 0 bridgehead atoms. The number of nitrogen functional groups attached to an aromatic ring is 1. The zero-order chi connectivity index (χ0) is 16.0. The third-order valence-electron chi connectivity index (χ3n) is 3.85. The highest BCUT2D eigenvalue weighted by atomic mass is 15.1. The molecule has 2 heteroatoms. The van der Waals surface area contributed by atoms with Gasteiger partial charge in [0.2, 0.25) is 0 Å². The molecule has 1 atom stereocenters. The van der Waals surface area contributed by atoms with E-state index in [0.29, 0.717) is 17.8 Å². The van der Waals surface area contributed by atoms with E-state index in [2.05, 4.69) is 64.6 Å². The number of nitrogens with zero attached hydrogens (tertiary/aromatic N) is 1. The van der Waals surface area contributed by atoms with Crippen molar-refractivity contribution in [1.82, 2.24) is 0 Å². The molecule has 0 radical (unpaired) electrons. The maximum atomic E-state index is 6.37. The fourth-order valence-electron chi connectivity index (χ4n) is 2.92. The molecule has 0 fully saturated rings. The van der Waals surface area contributed by atoms with Crippen LogP contribution in [0.1, 0.15) is 65.9 Å². The first-order chi connectivity index (χ1) is 9.85. The highest BCUT2D eigenvalue weighted by Gasteiger charge is 2.14. The molecule has 1 unspecified atom stereocenters. The van der Waals surface area contributed by atoms with Crippen LogP contribution in [0.25, 0.3) is 0 Å². The van der Waals surface area contributed by atoms with Crippen LogP contribution < -0.4 is 10.6 Å². The minimum atomic E-state index is 0.593. The molecule has 2 N–H and O–H groups in total. The van der Waals surface area contributed by atoms with Gasteiger partial charge in [-0.25, -0.2) is 0 Å². The van der Waals surface area contributed by atoms with E-state index in [1.807, 2.05) is 0 Å². The molecule has 0 heterocycles. The van der Waals surface area contributed by atoms with Gasteiger partial charge in [0, 0.05) is 13.1 Å². The van der Waals surface area contributed by atoms with Crippen molar-refractivity contribution >= 4 is 11.4 Å². The minimum absolute atomic E-state index is 0.593. The fraction of sp³-hybridized carbons (Fsp3) is 0.684. The van der Waals surface area contributed by atoms with Crippen molar-refractivity contribution < 1.29 is 0 Å². The lowest BCUT2D eigenvalue weighted by Gasteiger charge is -2.30. The van der Waals surface area contributed by atoms with Gasteiger partial charge in [0.25, 0.3) is 0 Å². The summed E-state index contributed by atoms with van der Waals surface area (Å²) >= 11 is 0. The molecule has 0 saturated carbocycles. The second-order valence-electron chi connectivity index (χ2n) is 7.20. The molecule has 0 amide bonds. The van der Waals surface area contributed by atoms with Crippen LogP contribution in [-0.2, 0) is 0 Å². The number of anilines is 2. The third-order valence-corrected chi connectivity index (χ3v) is 3.85. The van der Waals surface area contributed by atoms with E-state index >= 15 is 0 Å². The summed E-state index contributed by atoms with van der Waals surface area (Å²) in [6.07, 6.45) is 2.44. The molecule has 1 aromatic rings. The van der Waals surface area contributed by atoms with Gasteiger partial charge in [-0.15, -0.1) is 0 Å². The molecule has 0 spiro atoms. The van der Waals surface area contributed by atoms with Crippen molar-refractivity contribution in [2.24, 2.45) is 11.8 Å². The van der Waals surface area contributed by atoms with E-state index in [9.17, 15) is 0 Å². The lowest BCUT2D eigenvalue weighted by Crippen LogP contribution is -2.31. The van der Waals surface area contributed by atoms with Crippen molar-refractivity contribution in [2.45, 2.75) is 60.3 Å². The standard InChI is InChI=1S/C19H34N2/c1-7-8-16(6)17-9-10-19(18(20)11-17)21(12-14(2)3)13-15(4)5/h9-11,14-16H,7-8,12-13,20H2,1-6H3. The molecule has 0 saturated heterocycles. The van der Waals surface area contributed by atoms with Crippen molar-refractivity contribution in [3.63, 3.8) is 0 Å². The first kappa shape index (κ1) is 17.9. The van der Waals surface area contributed by atoms with Crippen LogP contribution >= 0.6 is 0 Å². The van der Waals surface area contributed by atoms with Gasteiger partial charge in [-0.2, -0.15) is 0 Å². The summed E-state index contributed by atoms with van der Waals surface area (Å²) in [6, 6.07) is 6.67. The Bertz CT molecular complexity index is 414. The maximum Gasteiger partial charge on any atom is 0.0600 e. The highest BCUT2D eigenvalue weighted by molar-refractivity contribution is 5.68. The van der Waals surface area contributed by atoms with E-state index in [1.165, 1.54) is 24.1 Å². The molecule has 0 aliphatic carbocycles. The molecular weight excluding hydrogens is 256 g/mol. The van der Waals surface area contributed by atoms with Gasteiger partial charge in [0.05, 0.1) is 11.4 Å². The van der Waals surface area contributed by atoms with E-state index < -0.39 is 0 Å². The van der Waals surface area contributed by atoms with Crippen molar-refractivity contribution in [2.75, 3.05) is 23.7 Å². The molecule has 0 aromatic heterocycles. The Balaban J connectivity index is 2.98. The number of rotatable bonds is 8. The van der Waals surface area contributed by atoms with Gasteiger partial charge >= 0.3 is 0 Å². The molecular formula is C19H34N2. The first-order valence-electron chi connectivity index (χ1n) is 8.49. The number of benzene rings is 1. The summed E-state index contributed by atoms with van der Waals surface area (Å²) in [5.74, 6) is 1.87. The molecule has 1 rings (SSSR count). The summed E-state index contributed by atoms with van der Waals surface area (Å²) in [5.41, 5.74) is 9.86. The molecule has 21 heavy (non-hydrogen) atoms. The van der Waals surface area contributed by atoms with Crippen LogP contribution in [-0.4, -0.2) is 13.1 Å². The summed E-state index contributed by atoms with van der Waals surface area (Å²) in [5, 5.41) is 0. The summed E-state index contributed by atoms with van der Waals surface area (Å²) in [6.45, 7) is 15.7. The van der Waals surface area contributed by atoms with Crippen LogP contribution in [0.15, 0.2) is 18.2 Å². The van der Waals surface area contributed by atoms with Crippen LogP contribution in [0.5, 0.6) is 0 Å². The topological polar surface area (TPSA) is 29.3 Å². The van der Waals surface area contributed by atoms with Crippen LogP contribution in [0.4, 0.5) is 11.4 Å². The summed E-state index contributed by atoms with van der Waals surface area (Å²) < 4.78 is 0. The fourth-order valence-corrected chi connectivity index (χ4v) is 2.92. The number of nitrogens with two attached hydrogens (primary N) is 1. The lowest BCUT2D eigenvalue weighted by molar-refractivity contribution is 0.553. The predicted octanol–water partition coefficient (Wildman–Crippen LogP) is 5.29. The minimum Gasteiger partial charge on any atom is -0.397 e. The maximum absolute atomic E-state index is 6.37. The Hall–Kier alpha value is -1.18. The Labute approximate surface area is 131 Å². The second kappa shape index (κ2) is 8.31. The van der Waals surface area contributed by atoms with E-state index in [0.717, 1.165) is 18.8 Å². The Morgan fingerprint density at radius 1 is 1.00 bits per heavy atom. The van der Waals surface area contributed by atoms with Gasteiger partial charge in [-0.3, -0.25) is 0 Å². The van der Waals surface area contributed by atoms with Crippen molar-refractivity contribution in [3.8, 4) is 0 Å². The van der Waals surface area contributed by atoms with Gasteiger partial charge in [0.1, 0.15) is 0 Å².